The molecule has 82 valence electrons. The van der Waals surface area contributed by atoms with Crippen molar-refractivity contribution in [2.45, 2.75) is 25.8 Å². The Hall–Kier alpha value is -0.860. The Morgan fingerprint density at radius 2 is 2.47 bits per heavy atom. The van der Waals surface area contributed by atoms with Gasteiger partial charge >= 0.3 is 0 Å². The number of nitrogens with one attached hydrogen (secondary N) is 1. The molecule has 0 saturated heterocycles. The predicted octanol–water partition coefficient (Wildman–Crippen LogP) is 3.26. The van der Waals surface area contributed by atoms with Crippen LogP contribution in [0.4, 0.5) is 0 Å². The van der Waals surface area contributed by atoms with Gasteiger partial charge in [-0.3, -0.25) is 4.98 Å². The van der Waals surface area contributed by atoms with Gasteiger partial charge in [-0.15, -0.1) is 0 Å². The maximum absolute atomic E-state index is 5.74. The summed E-state index contributed by atoms with van der Waals surface area (Å²) in [7, 11) is 0. The van der Waals surface area contributed by atoms with E-state index in [9.17, 15) is 0 Å². The Morgan fingerprint density at radius 1 is 1.67 bits per heavy atom. The van der Waals surface area contributed by atoms with Gasteiger partial charge < -0.3 is 5.32 Å². The molecular weight excluding hydrogens is 208 g/mol. The monoisotopic (exact) mass is 224 g/mol. The fraction of sp³-hybridized carbons (Fsp3) is 0.417. The molecule has 1 atom stereocenters. The molecule has 0 amide bonds. The molecule has 1 aromatic heterocycles. The van der Waals surface area contributed by atoms with E-state index < -0.39 is 0 Å². The molecule has 3 heteroatoms. The second kappa shape index (κ2) is 6.59. The third-order valence-corrected chi connectivity index (χ3v) is 2.34. The van der Waals surface area contributed by atoms with Gasteiger partial charge in [0.25, 0.3) is 0 Å². The normalized spacial score (nSPS) is 12.4. The van der Waals surface area contributed by atoms with Crippen LogP contribution in [0.2, 0.25) is 0 Å². The van der Waals surface area contributed by atoms with Gasteiger partial charge in [0.15, 0.2) is 0 Å². The number of nitrogens with zero attached hydrogens (tertiary/aromatic N) is 1. The first-order chi connectivity index (χ1) is 7.24. The highest BCUT2D eigenvalue weighted by atomic mass is 35.5. The number of aromatic nitrogens is 1. The Balaban J connectivity index is 2.61. The zero-order valence-electron chi connectivity index (χ0n) is 9.04. The lowest BCUT2D eigenvalue weighted by atomic mass is 10.0. The fourth-order valence-corrected chi connectivity index (χ4v) is 1.57. The van der Waals surface area contributed by atoms with E-state index >= 15 is 0 Å². The summed E-state index contributed by atoms with van der Waals surface area (Å²) in [5.41, 5.74) is 1.21. The Bertz CT molecular complexity index is 298. The lowest BCUT2D eigenvalue weighted by Gasteiger charge is -2.17. The number of hydrogen-bond donors (Lipinski definition) is 1. The Labute approximate surface area is 96.4 Å². The van der Waals surface area contributed by atoms with Gasteiger partial charge in [0, 0.05) is 30.0 Å². The molecule has 0 spiro atoms. The van der Waals surface area contributed by atoms with Crippen molar-refractivity contribution in [3.05, 3.63) is 41.7 Å². The second-order valence-electron chi connectivity index (χ2n) is 3.53. The van der Waals surface area contributed by atoms with Gasteiger partial charge in [0.05, 0.1) is 0 Å². The van der Waals surface area contributed by atoms with Crippen molar-refractivity contribution in [3.8, 4) is 0 Å². The minimum atomic E-state index is 0.319. The summed E-state index contributed by atoms with van der Waals surface area (Å²) in [4.78, 5) is 4.12. The lowest BCUT2D eigenvalue weighted by Crippen LogP contribution is -2.22. The molecule has 1 N–H and O–H groups in total. The molecule has 1 unspecified atom stereocenters. The highest BCUT2D eigenvalue weighted by molar-refractivity contribution is 6.29. The molecule has 0 saturated carbocycles. The number of rotatable bonds is 6. The largest absolute Gasteiger partial charge is 0.305 e. The van der Waals surface area contributed by atoms with Gasteiger partial charge in [0.1, 0.15) is 0 Å². The van der Waals surface area contributed by atoms with E-state index in [0.29, 0.717) is 17.6 Å². The fourth-order valence-electron chi connectivity index (χ4n) is 1.49. The highest BCUT2D eigenvalue weighted by Gasteiger charge is 2.09. The molecule has 0 bridgehead atoms. The minimum Gasteiger partial charge on any atom is -0.305 e. The molecule has 0 fully saturated rings. The number of hydrogen-bond acceptors (Lipinski definition) is 2. The third kappa shape index (κ3) is 4.45. The van der Waals surface area contributed by atoms with E-state index in [4.69, 9.17) is 11.6 Å². The van der Waals surface area contributed by atoms with Crippen LogP contribution in [0.25, 0.3) is 0 Å². The number of halogens is 1. The molecule has 15 heavy (non-hydrogen) atoms. The first-order valence-corrected chi connectivity index (χ1v) is 5.58. The smallest absolute Gasteiger partial charge is 0.0338 e. The maximum Gasteiger partial charge on any atom is 0.0338 e. The van der Waals surface area contributed by atoms with Crippen LogP contribution in [0.3, 0.4) is 0 Å². The van der Waals surface area contributed by atoms with Crippen LogP contribution in [-0.4, -0.2) is 11.5 Å². The van der Waals surface area contributed by atoms with Crippen molar-refractivity contribution >= 4 is 11.6 Å². The van der Waals surface area contributed by atoms with Crippen LogP contribution in [0, 0.1) is 0 Å². The predicted molar refractivity (Wildman–Crippen MR) is 64.9 cm³/mol. The summed E-state index contributed by atoms with van der Waals surface area (Å²) in [5.74, 6) is 0. The minimum absolute atomic E-state index is 0.319. The van der Waals surface area contributed by atoms with Crippen molar-refractivity contribution in [2.24, 2.45) is 0 Å². The van der Waals surface area contributed by atoms with Crippen molar-refractivity contribution in [2.75, 3.05) is 6.54 Å². The summed E-state index contributed by atoms with van der Waals surface area (Å²) in [6.07, 6.45) is 5.88. The topological polar surface area (TPSA) is 24.9 Å². The van der Waals surface area contributed by atoms with E-state index in [2.05, 4.69) is 29.9 Å². The van der Waals surface area contributed by atoms with Crippen LogP contribution in [-0.2, 0) is 0 Å². The average Bonchev–Trinajstić information content (AvgIpc) is 2.25. The second-order valence-corrected chi connectivity index (χ2v) is 4.06. The SMILES string of the molecule is C=C(Cl)CNC(CCC)c1cccnc1. The van der Waals surface area contributed by atoms with Gasteiger partial charge in [-0.2, -0.15) is 0 Å². The van der Waals surface area contributed by atoms with Gasteiger partial charge in [-0.1, -0.05) is 37.6 Å². The maximum atomic E-state index is 5.74. The van der Waals surface area contributed by atoms with Crippen LogP contribution in [0.1, 0.15) is 31.4 Å². The molecule has 1 heterocycles. The molecule has 0 aliphatic heterocycles. The quantitative estimate of drug-likeness (QED) is 0.803. The summed E-state index contributed by atoms with van der Waals surface area (Å²) in [5, 5.41) is 4.00. The summed E-state index contributed by atoms with van der Waals surface area (Å²) >= 11 is 5.74. The zero-order valence-corrected chi connectivity index (χ0v) is 9.80. The van der Waals surface area contributed by atoms with E-state index in [1.807, 2.05) is 12.3 Å². The molecule has 0 aliphatic rings. The molecule has 0 aromatic carbocycles. The van der Waals surface area contributed by atoms with Gasteiger partial charge in [-0.05, 0) is 18.1 Å². The van der Waals surface area contributed by atoms with Crippen molar-refractivity contribution in [1.82, 2.24) is 10.3 Å². The van der Waals surface area contributed by atoms with Crippen molar-refractivity contribution in [1.29, 1.82) is 0 Å². The van der Waals surface area contributed by atoms with E-state index in [0.717, 1.165) is 12.8 Å². The van der Waals surface area contributed by atoms with E-state index in [-0.39, 0.29) is 0 Å². The first-order valence-electron chi connectivity index (χ1n) is 5.20. The molecule has 1 aromatic rings. The zero-order chi connectivity index (χ0) is 11.1. The van der Waals surface area contributed by atoms with Crippen LogP contribution in [0.5, 0.6) is 0 Å². The van der Waals surface area contributed by atoms with Crippen molar-refractivity contribution in [3.63, 3.8) is 0 Å². The molecule has 0 radical (unpaired) electrons. The summed E-state index contributed by atoms with van der Waals surface area (Å²) in [6.45, 7) is 6.48. The van der Waals surface area contributed by atoms with Gasteiger partial charge in [-0.25, -0.2) is 0 Å². The van der Waals surface area contributed by atoms with E-state index in [1.54, 1.807) is 6.20 Å². The summed E-state index contributed by atoms with van der Waals surface area (Å²) < 4.78 is 0. The first kappa shape index (κ1) is 12.2. The Morgan fingerprint density at radius 3 is 3.00 bits per heavy atom. The van der Waals surface area contributed by atoms with Gasteiger partial charge in [0.2, 0.25) is 0 Å². The molecule has 2 nitrogen and oxygen atoms in total. The van der Waals surface area contributed by atoms with Crippen molar-refractivity contribution < 1.29 is 0 Å². The van der Waals surface area contributed by atoms with Crippen LogP contribution < -0.4 is 5.32 Å². The lowest BCUT2D eigenvalue weighted by molar-refractivity contribution is 0.517. The van der Waals surface area contributed by atoms with Crippen LogP contribution >= 0.6 is 11.6 Å². The summed E-state index contributed by atoms with van der Waals surface area (Å²) in [6, 6.07) is 4.35. The number of pyridine rings is 1. The standard InChI is InChI=1S/C12H17ClN2/c1-3-5-12(15-8-10(2)13)11-6-4-7-14-9-11/h4,6-7,9,12,15H,2-3,5,8H2,1H3. The molecule has 0 aliphatic carbocycles. The molecule has 1 rings (SSSR count). The average molecular weight is 225 g/mol. The third-order valence-electron chi connectivity index (χ3n) is 2.20. The molecular formula is C12H17ClN2. The Kier molecular flexibility index (Phi) is 5.37. The van der Waals surface area contributed by atoms with E-state index in [1.165, 1.54) is 5.56 Å². The highest BCUT2D eigenvalue weighted by Crippen LogP contribution is 2.17. The van der Waals surface area contributed by atoms with Crippen LogP contribution in [0.15, 0.2) is 36.1 Å².